The van der Waals surface area contributed by atoms with Gasteiger partial charge in [0.05, 0.1) is 0 Å². The van der Waals surface area contributed by atoms with E-state index in [0.29, 0.717) is 0 Å². The number of rotatable bonds is 0. The maximum atomic E-state index is 7.50. The molecule has 17 heavy (non-hydrogen) atoms. The molecule has 0 saturated carbocycles. The minimum absolute atomic E-state index is 0. The molecule has 0 atom stereocenters. The largest absolute Gasteiger partial charge is 0.358 e. The van der Waals surface area contributed by atoms with Crippen LogP contribution in [0.5, 0.6) is 0 Å². The molecule has 0 N–H and O–H groups in total. The first-order valence-electron chi connectivity index (χ1n) is 4.32. The number of hydrogen-bond acceptors (Lipinski definition) is 0. The van der Waals surface area contributed by atoms with Crippen LogP contribution in [0.15, 0.2) is 54.6 Å². The van der Waals surface area contributed by atoms with Crippen LogP contribution in [0.25, 0.3) is 0 Å². The van der Waals surface area contributed by atoms with Crippen LogP contribution in [0.4, 0.5) is 0 Å². The summed E-state index contributed by atoms with van der Waals surface area (Å²) in [6.07, 6.45) is 15.1. The molecule has 1 nitrogen and oxygen atoms in total. The molecule has 0 unspecified atom stereocenters. The predicted octanol–water partition coefficient (Wildman–Crippen LogP) is 3.39. The van der Waals surface area contributed by atoms with E-state index < -0.39 is 0 Å². The second-order valence-corrected chi connectivity index (χ2v) is 2.47. The first-order valence-corrected chi connectivity index (χ1v) is 4.32. The average molecular weight is 394 g/mol. The summed E-state index contributed by atoms with van der Waals surface area (Å²) in [6, 6.07) is 9.60. The Morgan fingerprint density at radius 3 is 1.65 bits per heavy atom. The summed E-state index contributed by atoms with van der Waals surface area (Å²) in [4.78, 5) is 0. The molecule has 0 saturated heterocycles. The van der Waals surface area contributed by atoms with Crippen LogP contribution in [0.3, 0.4) is 0 Å². The standard InChI is InChI=1S/C8H6.C5H5.CO.CH3.W/c1-2-8-6-4-3-5-7-8;1-2-4-5-3-1;1-2;;/h1,3-7H;1-5H;;1H3;/q;;;-1;. The van der Waals surface area contributed by atoms with Crippen molar-refractivity contribution in [3.63, 3.8) is 0 Å². The van der Waals surface area contributed by atoms with Gasteiger partial charge in [-0.1, -0.05) is 48.4 Å². The molecule has 0 aromatic heterocycles. The van der Waals surface area contributed by atoms with Gasteiger partial charge in [0.25, 0.3) is 0 Å². The van der Waals surface area contributed by atoms with Crippen LogP contribution in [0.2, 0.25) is 0 Å². The van der Waals surface area contributed by atoms with E-state index in [2.05, 4.69) is 12.6 Å². The summed E-state index contributed by atoms with van der Waals surface area (Å²) < 4.78 is 7.50. The third-order valence-corrected chi connectivity index (χ3v) is 1.50. The van der Waals surface area contributed by atoms with Crippen molar-refractivity contribution in [1.29, 1.82) is 0 Å². The molecule has 1 aromatic rings. The first kappa shape index (κ1) is 21.0. The van der Waals surface area contributed by atoms with Gasteiger partial charge in [-0.15, -0.1) is 6.42 Å². The molecule has 0 amide bonds. The van der Waals surface area contributed by atoms with Crippen LogP contribution in [0.1, 0.15) is 5.56 Å². The average Bonchev–Trinajstić information content (AvgIpc) is 2.92. The van der Waals surface area contributed by atoms with E-state index >= 15 is 0 Å². The van der Waals surface area contributed by atoms with E-state index in [1.807, 2.05) is 61.1 Å². The van der Waals surface area contributed by atoms with Crippen molar-refractivity contribution in [2.45, 2.75) is 0 Å². The van der Waals surface area contributed by atoms with Gasteiger partial charge in [-0.25, -0.2) is 0 Å². The third kappa shape index (κ3) is 12.6. The van der Waals surface area contributed by atoms with E-state index in [4.69, 9.17) is 11.1 Å². The van der Waals surface area contributed by atoms with Gasteiger partial charge >= 0.3 is 11.3 Å². The van der Waals surface area contributed by atoms with E-state index in [1.165, 1.54) is 0 Å². The Kier molecular flexibility index (Phi) is 21.1. The van der Waals surface area contributed by atoms with Crippen molar-refractivity contribution in [2.75, 3.05) is 0 Å². The second kappa shape index (κ2) is 17.1. The van der Waals surface area contributed by atoms with Gasteiger partial charge in [0.1, 0.15) is 0 Å². The minimum atomic E-state index is 0. The van der Waals surface area contributed by atoms with E-state index in [-0.39, 0.29) is 28.5 Å². The van der Waals surface area contributed by atoms with Gasteiger partial charge in [0, 0.05) is 33.0 Å². The summed E-state index contributed by atoms with van der Waals surface area (Å²) in [5, 5.41) is 0. The molecule has 0 bridgehead atoms. The number of terminal acetylenes is 1. The predicted molar refractivity (Wildman–Crippen MR) is 67.3 cm³/mol. The Morgan fingerprint density at radius 1 is 0.941 bits per heavy atom. The molecule has 1 aliphatic carbocycles. The Bertz CT molecular complexity index is 359. The summed E-state index contributed by atoms with van der Waals surface area (Å²) in [5.41, 5.74) is 0.938. The molecule has 2 heteroatoms. The van der Waals surface area contributed by atoms with Gasteiger partial charge in [0.15, 0.2) is 0 Å². The van der Waals surface area contributed by atoms with Crippen LogP contribution >= 0.6 is 0 Å². The van der Waals surface area contributed by atoms with Crippen molar-refractivity contribution in [2.24, 2.45) is 0 Å². The summed E-state index contributed by atoms with van der Waals surface area (Å²) >= 11 is 0. The first-order chi connectivity index (χ1) is 7.43. The zero-order valence-corrected chi connectivity index (χ0v) is 12.6. The maximum absolute atomic E-state index is 7.50. The van der Waals surface area contributed by atoms with Crippen LogP contribution in [-0.2, 0) is 25.7 Å². The molecular weight excluding hydrogens is 380 g/mol. The number of hydrogen-bond donors (Lipinski definition) is 0. The topological polar surface area (TPSA) is 19.9 Å². The Hall–Kier alpha value is -1.31. The molecule has 0 spiro atoms. The molecule has 0 aliphatic heterocycles. The van der Waals surface area contributed by atoms with Crippen LogP contribution in [-0.4, -0.2) is 0 Å². The Balaban J connectivity index is -0.000000192. The van der Waals surface area contributed by atoms with Gasteiger partial charge < -0.3 is 7.43 Å². The van der Waals surface area contributed by atoms with Crippen molar-refractivity contribution in [3.05, 3.63) is 80.7 Å². The van der Waals surface area contributed by atoms with Crippen molar-refractivity contribution >= 4 is 0 Å². The Labute approximate surface area is 119 Å². The molecule has 0 heterocycles. The van der Waals surface area contributed by atoms with Crippen LogP contribution < -0.4 is 0 Å². The quantitative estimate of drug-likeness (QED) is 0.365. The van der Waals surface area contributed by atoms with Crippen molar-refractivity contribution in [1.82, 2.24) is 0 Å². The molecular formula is C15H14OW-. The number of benzene rings is 1. The fraction of sp³-hybridized carbons (Fsp3) is 0. The summed E-state index contributed by atoms with van der Waals surface area (Å²) in [7, 11) is 0. The smallest absolute Gasteiger partial charge is 0.00506 e. The molecule has 1 aromatic carbocycles. The van der Waals surface area contributed by atoms with Gasteiger partial charge in [-0.2, -0.15) is 0 Å². The zero-order valence-electron chi connectivity index (χ0n) is 9.67. The third-order valence-electron chi connectivity index (χ3n) is 1.50. The SMILES string of the molecule is C#Cc1ccccc1.[C-]#[O+].[CH3-].[CH]1C=CC=C1.[W]. The fourth-order valence-corrected chi connectivity index (χ4v) is 0.855. The summed E-state index contributed by atoms with van der Waals surface area (Å²) in [6.45, 7) is 4.50. The van der Waals surface area contributed by atoms with E-state index in [0.717, 1.165) is 5.56 Å². The monoisotopic (exact) mass is 394 g/mol. The normalized spacial score (nSPS) is 9.00. The second-order valence-electron chi connectivity index (χ2n) is 2.47. The van der Waals surface area contributed by atoms with Gasteiger partial charge in [-0.05, 0) is 12.1 Å². The molecule has 87 valence electrons. The molecule has 2 rings (SSSR count). The zero-order chi connectivity index (χ0) is 11.4. The molecule has 1 radical (unpaired) electrons. The maximum Gasteiger partial charge on any atom is 0.00506 e. The summed E-state index contributed by atoms with van der Waals surface area (Å²) in [5.74, 6) is 2.53. The number of allylic oxidation sites excluding steroid dienone is 4. The van der Waals surface area contributed by atoms with E-state index in [9.17, 15) is 0 Å². The molecule has 1 aliphatic rings. The minimum Gasteiger partial charge on any atom is -0.358 e. The van der Waals surface area contributed by atoms with Crippen molar-refractivity contribution in [3.8, 4) is 12.3 Å². The van der Waals surface area contributed by atoms with Crippen LogP contribution in [0, 0.1) is 32.8 Å². The van der Waals surface area contributed by atoms with Gasteiger partial charge in [0.2, 0.25) is 0 Å². The fourth-order valence-electron chi connectivity index (χ4n) is 0.855. The Morgan fingerprint density at radius 2 is 1.41 bits per heavy atom. The van der Waals surface area contributed by atoms with E-state index in [1.54, 1.807) is 0 Å². The molecule has 0 fully saturated rings. The van der Waals surface area contributed by atoms with Gasteiger partial charge in [-0.3, -0.25) is 0 Å². The van der Waals surface area contributed by atoms with Crippen molar-refractivity contribution < 1.29 is 25.7 Å².